The van der Waals surface area contributed by atoms with Crippen molar-refractivity contribution in [3.63, 3.8) is 0 Å². The zero-order chi connectivity index (χ0) is 13.8. The molecule has 7 heteroatoms. The smallest absolute Gasteiger partial charge is 0.360 e. The third kappa shape index (κ3) is 2.75. The highest BCUT2D eigenvalue weighted by Crippen LogP contribution is 2.18. The van der Waals surface area contributed by atoms with E-state index in [1.807, 2.05) is 19.2 Å². The lowest BCUT2D eigenvalue weighted by Crippen LogP contribution is -2.16. The van der Waals surface area contributed by atoms with Crippen LogP contribution < -0.4 is 5.73 Å². The van der Waals surface area contributed by atoms with E-state index in [9.17, 15) is 4.79 Å². The number of esters is 1. The van der Waals surface area contributed by atoms with Crippen molar-refractivity contribution >= 4 is 11.8 Å². The zero-order valence-electron chi connectivity index (χ0n) is 11.0. The van der Waals surface area contributed by atoms with Crippen LogP contribution in [-0.2, 0) is 11.3 Å². The van der Waals surface area contributed by atoms with E-state index in [-0.39, 0.29) is 11.7 Å². The van der Waals surface area contributed by atoms with Crippen molar-refractivity contribution in [2.45, 2.75) is 26.4 Å². The fourth-order valence-electron chi connectivity index (χ4n) is 1.85. The molecule has 2 heterocycles. The number of carbonyl (C=O) groups is 1. The molecule has 19 heavy (non-hydrogen) atoms. The Kier molecular flexibility index (Phi) is 3.84. The summed E-state index contributed by atoms with van der Waals surface area (Å²) in [5.41, 5.74) is 6.10. The van der Waals surface area contributed by atoms with Gasteiger partial charge in [-0.3, -0.25) is 4.68 Å². The number of rotatable bonds is 5. The lowest BCUT2D eigenvalue weighted by molar-refractivity contribution is 0.0521. The second kappa shape index (κ2) is 5.55. The minimum absolute atomic E-state index is 0.0376. The molecule has 0 aliphatic rings. The molecule has 7 nitrogen and oxygen atoms in total. The fraction of sp³-hybridized carbons (Fsp3) is 0.417. The summed E-state index contributed by atoms with van der Waals surface area (Å²) in [5, 5.41) is 4.13. The number of imidazole rings is 1. The predicted molar refractivity (Wildman–Crippen MR) is 69.5 cm³/mol. The first-order valence-electron chi connectivity index (χ1n) is 6.10. The summed E-state index contributed by atoms with van der Waals surface area (Å²) in [6.45, 7) is 4.67. The van der Waals surface area contributed by atoms with E-state index in [0.29, 0.717) is 19.0 Å². The Morgan fingerprint density at radius 3 is 3.00 bits per heavy atom. The number of nitrogen functional groups attached to an aromatic ring is 1. The monoisotopic (exact) mass is 263 g/mol. The van der Waals surface area contributed by atoms with Gasteiger partial charge in [0.2, 0.25) is 0 Å². The maximum atomic E-state index is 11.6. The summed E-state index contributed by atoms with van der Waals surface area (Å²) < 4.78 is 8.44. The number of hydrogen-bond acceptors (Lipinski definition) is 5. The van der Waals surface area contributed by atoms with Gasteiger partial charge in [-0.15, -0.1) is 0 Å². The third-order valence-electron chi connectivity index (χ3n) is 2.79. The summed E-state index contributed by atoms with van der Waals surface area (Å²) in [4.78, 5) is 15.6. The lowest BCUT2D eigenvalue weighted by atomic mass is 10.3. The molecule has 1 unspecified atom stereocenters. The number of nitrogens with two attached hydrogens (primary N) is 1. The van der Waals surface area contributed by atoms with Crippen LogP contribution in [0.25, 0.3) is 0 Å². The van der Waals surface area contributed by atoms with Crippen molar-refractivity contribution in [2.75, 3.05) is 12.3 Å². The topological polar surface area (TPSA) is 88.0 Å². The SMILES string of the molecule is CCOC(=O)c1ncn(C(C)Cn2cccn2)c1N. The van der Waals surface area contributed by atoms with E-state index in [0.717, 1.165) is 0 Å². The van der Waals surface area contributed by atoms with E-state index in [2.05, 4.69) is 10.1 Å². The zero-order valence-corrected chi connectivity index (χ0v) is 11.0. The Morgan fingerprint density at radius 1 is 1.58 bits per heavy atom. The lowest BCUT2D eigenvalue weighted by Gasteiger charge is -2.15. The van der Waals surface area contributed by atoms with Gasteiger partial charge in [0.15, 0.2) is 5.69 Å². The van der Waals surface area contributed by atoms with Gasteiger partial charge in [-0.25, -0.2) is 9.78 Å². The molecule has 2 aromatic rings. The molecule has 2 rings (SSSR count). The first kappa shape index (κ1) is 13.1. The maximum Gasteiger partial charge on any atom is 0.360 e. The van der Waals surface area contributed by atoms with Gasteiger partial charge in [0.25, 0.3) is 0 Å². The number of aromatic nitrogens is 4. The highest BCUT2D eigenvalue weighted by atomic mass is 16.5. The molecule has 2 aromatic heterocycles. The summed E-state index contributed by atoms with van der Waals surface area (Å²) in [5.74, 6) is -0.178. The first-order chi connectivity index (χ1) is 9.13. The van der Waals surface area contributed by atoms with Crippen LogP contribution in [0.1, 0.15) is 30.4 Å². The van der Waals surface area contributed by atoms with E-state index in [1.165, 1.54) is 0 Å². The minimum Gasteiger partial charge on any atom is -0.461 e. The van der Waals surface area contributed by atoms with Crippen molar-refractivity contribution in [1.29, 1.82) is 0 Å². The third-order valence-corrected chi connectivity index (χ3v) is 2.79. The van der Waals surface area contributed by atoms with Gasteiger partial charge >= 0.3 is 5.97 Å². The Balaban J connectivity index is 2.14. The normalized spacial score (nSPS) is 12.3. The molecule has 0 spiro atoms. The van der Waals surface area contributed by atoms with E-state index in [4.69, 9.17) is 10.5 Å². The highest BCUT2D eigenvalue weighted by Gasteiger charge is 2.19. The van der Waals surface area contributed by atoms with Gasteiger partial charge < -0.3 is 15.0 Å². The number of nitrogens with zero attached hydrogens (tertiary/aromatic N) is 4. The average molecular weight is 263 g/mol. The van der Waals surface area contributed by atoms with Crippen LogP contribution in [0.15, 0.2) is 24.8 Å². The molecule has 0 saturated carbocycles. The molecule has 0 radical (unpaired) electrons. The van der Waals surface area contributed by atoms with Crippen LogP contribution in [0, 0.1) is 0 Å². The number of anilines is 1. The Bertz CT molecular complexity index is 546. The van der Waals surface area contributed by atoms with Crippen LogP contribution in [0.3, 0.4) is 0 Å². The average Bonchev–Trinajstić information content (AvgIpc) is 2.98. The minimum atomic E-state index is -0.495. The van der Waals surface area contributed by atoms with Gasteiger partial charge in [0, 0.05) is 12.4 Å². The summed E-state index contributed by atoms with van der Waals surface area (Å²) in [7, 11) is 0. The molecular formula is C12H17N5O2. The number of ether oxygens (including phenoxy) is 1. The molecule has 0 aliphatic carbocycles. The molecule has 2 N–H and O–H groups in total. The summed E-state index contributed by atoms with van der Waals surface area (Å²) in [6.07, 6.45) is 5.14. The second-order valence-electron chi connectivity index (χ2n) is 4.18. The molecule has 0 fully saturated rings. The van der Waals surface area contributed by atoms with Gasteiger partial charge in [0.05, 0.1) is 25.5 Å². The van der Waals surface area contributed by atoms with Crippen molar-refractivity contribution in [3.8, 4) is 0 Å². The first-order valence-corrected chi connectivity index (χ1v) is 6.10. The molecule has 0 amide bonds. The molecule has 0 saturated heterocycles. The quantitative estimate of drug-likeness (QED) is 0.816. The predicted octanol–water partition coefficient (Wildman–Crippen LogP) is 1.10. The molecule has 1 atom stereocenters. The fourth-order valence-corrected chi connectivity index (χ4v) is 1.85. The highest BCUT2D eigenvalue weighted by molar-refractivity contribution is 5.92. The van der Waals surface area contributed by atoms with Crippen LogP contribution in [0.4, 0.5) is 5.82 Å². The van der Waals surface area contributed by atoms with Crippen LogP contribution in [-0.4, -0.2) is 31.9 Å². The largest absolute Gasteiger partial charge is 0.461 e. The Hall–Kier alpha value is -2.31. The summed E-state index contributed by atoms with van der Waals surface area (Å²) in [6, 6.07) is 1.89. The van der Waals surface area contributed by atoms with Crippen molar-refractivity contribution in [1.82, 2.24) is 19.3 Å². The van der Waals surface area contributed by atoms with Crippen molar-refractivity contribution < 1.29 is 9.53 Å². The van der Waals surface area contributed by atoms with Gasteiger partial charge in [0.1, 0.15) is 5.82 Å². The standard InChI is InChI=1S/C12H17N5O2/c1-3-19-12(18)10-11(13)17(8-14-10)9(2)7-16-6-4-5-15-16/h4-6,8-9H,3,7,13H2,1-2H3. The van der Waals surface area contributed by atoms with Gasteiger partial charge in [-0.2, -0.15) is 5.10 Å². The Labute approximate surface area is 111 Å². The Morgan fingerprint density at radius 2 is 2.37 bits per heavy atom. The number of carbonyl (C=O) groups excluding carboxylic acids is 1. The van der Waals surface area contributed by atoms with E-state index >= 15 is 0 Å². The summed E-state index contributed by atoms with van der Waals surface area (Å²) >= 11 is 0. The van der Waals surface area contributed by atoms with Crippen LogP contribution in [0.2, 0.25) is 0 Å². The molecule has 0 aromatic carbocycles. The van der Waals surface area contributed by atoms with E-state index in [1.54, 1.807) is 28.7 Å². The number of hydrogen-bond donors (Lipinski definition) is 1. The molecule has 0 bridgehead atoms. The van der Waals surface area contributed by atoms with Crippen molar-refractivity contribution in [3.05, 3.63) is 30.5 Å². The second-order valence-corrected chi connectivity index (χ2v) is 4.18. The molecular weight excluding hydrogens is 246 g/mol. The van der Waals surface area contributed by atoms with Gasteiger partial charge in [-0.05, 0) is 19.9 Å². The van der Waals surface area contributed by atoms with Crippen LogP contribution in [0.5, 0.6) is 0 Å². The maximum absolute atomic E-state index is 11.6. The van der Waals surface area contributed by atoms with Crippen molar-refractivity contribution in [2.24, 2.45) is 0 Å². The van der Waals surface area contributed by atoms with Crippen LogP contribution >= 0.6 is 0 Å². The molecule has 0 aliphatic heterocycles. The van der Waals surface area contributed by atoms with Gasteiger partial charge in [-0.1, -0.05) is 0 Å². The molecule has 102 valence electrons. The van der Waals surface area contributed by atoms with E-state index < -0.39 is 5.97 Å².